The van der Waals surface area contributed by atoms with Gasteiger partial charge in [0.2, 0.25) is 5.91 Å². The van der Waals surface area contributed by atoms with E-state index < -0.39 is 0 Å². The molecule has 0 saturated carbocycles. The maximum atomic E-state index is 13.3. The highest BCUT2D eigenvalue weighted by atomic mass is 32.2. The molecule has 2 amide bonds. The quantitative estimate of drug-likeness (QED) is 0.390. The maximum absolute atomic E-state index is 13.3. The van der Waals surface area contributed by atoms with Crippen molar-refractivity contribution in [3.05, 3.63) is 75.9 Å². The Kier molecular flexibility index (Phi) is 6.37. The average Bonchev–Trinajstić information content (AvgIpc) is 3.41. The fraction of sp³-hybridized carbons (Fsp3) is 0.208. The zero-order valence-corrected chi connectivity index (χ0v) is 20.3. The Bertz CT molecular complexity index is 1150. The van der Waals surface area contributed by atoms with Crippen LogP contribution in [-0.2, 0) is 9.59 Å². The molecular formula is C24H20N2O2S4. The number of hydrogen-bond donors (Lipinski definition) is 0. The molecule has 1 fully saturated rings. The van der Waals surface area contributed by atoms with Gasteiger partial charge in [-0.15, -0.1) is 23.1 Å². The van der Waals surface area contributed by atoms with Gasteiger partial charge in [-0.2, -0.15) is 0 Å². The van der Waals surface area contributed by atoms with Gasteiger partial charge < -0.3 is 4.90 Å². The number of amides is 2. The molecule has 2 aromatic rings. The van der Waals surface area contributed by atoms with Crippen molar-refractivity contribution in [3.8, 4) is 0 Å². The molecule has 162 valence electrons. The van der Waals surface area contributed by atoms with Gasteiger partial charge in [0.15, 0.2) is 0 Å². The van der Waals surface area contributed by atoms with E-state index >= 15 is 0 Å². The Labute approximate surface area is 205 Å². The van der Waals surface area contributed by atoms with Gasteiger partial charge >= 0.3 is 0 Å². The standard InChI is InChI=1S/C24H20N2O2S4/c27-22(26-17-8-1-3-10-19(17)31-20-11-4-2-9-18(20)26)12-5-13-25-23(28)21(32-24(25)29)15-16-7-6-14-30-16/h1-4,6-11,14-15,17,19H,5,12-13H2. The summed E-state index contributed by atoms with van der Waals surface area (Å²) in [6, 6.07) is 12.0. The molecule has 1 aromatic carbocycles. The SMILES string of the molecule is O=C1C(=Cc2cccs2)SC(=S)N1CCCC(=O)N1c2ccccc2SC2C=CC=CC21. The second kappa shape index (κ2) is 9.39. The zero-order chi connectivity index (χ0) is 22.1. The molecule has 8 heteroatoms. The number of carbonyl (C=O) groups is 2. The van der Waals surface area contributed by atoms with E-state index in [2.05, 4.69) is 18.2 Å². The minimum atomic E-state index is -0.0685. The monoisotopic (exact) mass is 496 g/mol. The fourth-order valence-corrected chi connectivity index (χ4v) is 7.27. The molecule has 32 heavy (non-hydrogen) atoms. The Hall–Kier alpha value is -2.13. The second-order valence-electron chi connectivity index (χ2n) is 7.53. The number of anilines is 1. The van der Waals surface area contributed by atoms with Crippen LogP contribution < -0.4 is 4.90 Å². The highest BCUT2D eigenvalue weighted by molar-refractivity contribution is 8.26. The lowest BCUT2D eigenvalue weighted by molar-refractivity contribution is -0.123. The Morgan fingerprint density at radius 3 is 2.81 bits per heavy atom. The van der Waals surface area contributed by atoms with Crippen LogP contribution >= 0.6 is 47.1 Å². The highest BCUT2D eigenvalue weighted by Crippen LogP contribution is 2.43. The van der Waals surface area contributed by atoms with Gasteiger partial charge in [0, 0.05) is 22.7 Å². The lowest BCUT2D eigenvalue weighted by Crippen LogP contribution is -2.47. The first-order chi connectivity index (χ1) is 15.6. The molecule has 0 radical (unpaired) electrons. The molecule has 3 aliphatic rings. The van der Waals surface area contributed by atoms with Crippen LogP contribution in [0, 0.1) is 0 Å². The van der Waals surface area contributed by atoms with Crippen molar-refractivity contribution in [1.82, 2.24) is 4.90 Å². The van der Waals surface area contributed by atoms with Crippen molar-refractivity contribution in [2.45, 2.75) is 29.0 Å². The summed E-state index contributed by atoms with van der Waals surface area (Å²) in [4.78, 5) is 32.5. The molecule has 3 heterocycles. The van der Waals surface area contributed by atoms with E-state index in [0.717, 1.165) is 15.5 Å². The molecule has 4 nitrogen and oxygen atoms in total. The molecule has 2 atom stereocenters. The molecule has 0 spiro atoms. The Morgan fingerprint density at radius 1 is 1.12 bits per heavy atom. The topological polar surface area (TPSA) is 40.6 Å². The summed E-state index contributed by atoms with van der Waals surface area (Å²) in [5.41, 5.74) is 0.966. The van der Waals surface area contributed by atoms with E-state index in [1.54, 1.807) is 28.0 Å². The molecule has 1 aliphatic carbocycles. The molecular weight excluding hydrogens is 477 g/mol. The molecule has 2 unspecified atom stereocenters. The minimum absolute atomic E-state index is 0.0118. The first-order valence-corrected chi connectivity index (χ1v) is 13.3. The number of hydrogen-bond acceptors (Lipinski definition) is 6. The van der Waals surface area contributed by atoms with Crippen LogP contribution in [0.5, 0.6) is 0 Å². The number of allylic oxidation sites excluding steroid dienone is 2. The molecule has 0 bridgehead atoms. The molecule has 0 N–H and O–H groups in total. The lowest BCUT2D eigenvalue weighted by atomic mass is 10.0. The van der Waals surface area contributed by atoms with E-state index in [-0.39, 0.29) is 23.1 Å². The van der Waals surface area contributed by atoms with Crippen molar-refractivity contribution >= 4 is 75.0 Å². The Morgan fingerprint density at radius 2 is 1.97 bits per heavy atom. The van der Waals surface area contributed by atoms with Crippen molar-refractivity contribution in [1.29, 1.82) is 0 Å². The lowest BCUT2D eigenvalue weighted by Gasteiger charge is -2.40. The molecule has 1 aromatic heterocycles. The number of thioether (sulfide) groups is 2. The summed E-state index contributed by atoms with van der Waals surface area (Å²) in [5.74, 6) is 0.00764. The van der Waals surface area contributed by atoms with E-state index in [0.29, 0.717) is 28.6 Å². The molecule has 1 saturated heterocycles. The van der Waals surface area contributed by atoms with Crippen molar-refractivity contribution < 1.29 is 9.59 Å². The van der Waals surface area contributed by atoms with Crippen LogP contribution in [0.25, 0.3) is 6.08 Å². The normalized spacial score (nSPS) is 23.1. The van der Waals surface area contributed by atoms with Crippen molar-refractivity contribution in [2.75, 3.05) is 11.4 Å². The van der Waals surface area contributed by atoms with Gasteiger partial charge in [-0.3, -0.25) is 14.5 Å². The number of thiophene rings is 1. The van der Waals surface area contributed by atoms with Gasteiger partial charge in [0.25, 0.3) is 5.91 Å². The summed E-state index contributed by atoms with van der Waals surface area (Å²) < 4.78 is 0.561. The van der Waals surface area contributed by atoms with Crippen LogP contribution in [-0.4, -0.2) is 38.9 Å². The third kappa shape index (κ3) is 4.24. The smallest absolute Gasteiger partial charge is 0.266 e. The third-order valence-corrected chi connectivity index (χ3v) is 8.98. The number of para-hydroxylation sites is 1. The first kappa shape index (κ1) is 21.7. The van der Waals surface area contributed by atoms with E-state index in [4.69, 9.17) is 12.2 Å². The highest BCUT2D eigenvalue weighted by Gasteiger charge is 2.37. The zero-order valence-electron chi connectivity index (χ0n) is 17.0. The van der Waals surface area contributed by atoms with Gasteiger partial charge in [-0.05, 0) is 36.1 Å². The van der Waals surface area contributed by atoms with Crippen molar-refractivity contribution in [3.63, 3.8) is 0 Å². The van der Waals surface area contributed by atoms with Crippen LogP contribution in [0.2, 0.25) is 0 Å². The minimum Gasteiger partial charge on any atom is -0.303 e. The molecule has 5 rings (SSSR count). The van der Waals surface area contributed by atoms with Crippen molar-refractivity contribution in [2.24, 2.45) is 0 Å². The summed E-state index contributed by atoms with van der Waals surface area (Å²) in [7, 11) is 0. The predicted molar refractivity (Wildman–Crippen MR) is 139 cm³/mol. The third-order valence-electron chi connectivity index (χ3n) is 5.47. The van der Waals surface area contributed by atoms with Gasteiger partial charge in [0.1, 0.15) is 4.32 Å². The van der Waals surface area contributed by atoms with E-state index in [1.807, 2.05) is 58.8 Å². The van der Waals surface area contributed by atoms with Gasteiger partial charge in [0.05, 0.1) is 21.9 Å². The summed E-state index contributed by atoms with van der Waals surface area (Å²) >= 11 is 10.2. The molecule has 2 aliphatic heterocycles. The van der Waals surface area contributed by atoms with Crippen LogP contribution in [0.3, 0.4) is 0 Å². The first-order valence-electron chi connectivity index (χ1n) is 10.3. The average molecular weight is 497 g/mol. The Balaban J connectivity index is 1.26. The predicted octanol–water partition coefficient (Wildman–Crippen LogP) is 5.73. The van der Waals surface area contributed by atoms with Gasteiger partial charge in [-0.1, -0.05) is 66.5 Å². The summed E-state index contributed by atoms with van der Waals surface area (Å²) in [6.45, 7) is 0.451. The van der Waals surface area contributed by atoms with Crippen LogP contribution in [0.4, 0.5) is 5.69 Å². The van der Waals surface area contributed by atoms with Crippen LogP contribution in [0.1, 0.15) is 17.7 Å². The second-order valence-corrected chi connectivity index (χ2v) is 11.4. The van der Waals surface area contributed by atoms with E-state index in [1.165, 1.54) is 11.8 Å². The number of carbonyl (C=O) groups excluding carboxylic acids is 2. The van der Waals surface area contributed by atoms with Crippen LogP contribution in [0.15, 0.2) is 75.9 Å². The van der Waals surface area contributed by atoms with E-state index in [9.17, 15) is 9.59 Å². The number of fused-ring (bicyclic) bond motifs is 2. The summed E-state index contributed by atoms with van der Waals surface area (Å²) in [5, 5.41) is 2.20. The number of benzene rings is 1. The number of nitrogens with zero attached hydrogens (tertiary/aromatic N) is 2. The number of rotatable bonds is 5. The maximum Gasteiger partial charge on any atom is 0.266 e. The largest absolute Gasteiger partial charge is 0.303 e. The summed E-state index contributed by atoms with van der Waals surface area (Å²) in [6.07, 6.45) is 11.1. The fourth-order valence-electron chi connectivity index (χ4n) is 3.98. The number of thiocarbonyl (C=S) groups is 1. The van der Waals surface area contributed by atoms with Gasteiger partial charge in [-0.25, -0.2) is 0 Å².